The first kappa shape index (κ1) is 29.2. The van der Waals surface area contributed by atoms with Gasteiger partial charge in [0.1, 0.15) is 0 Å². The van der Waals surface area contributed by atoms with Gasteiger partial charge in [0.2, 0.25) is 0 Å². The van der Waals surface area contributed by atoms with Crippen molar-refractivity contribution in [3.05, 3.63) is 76.1 Å². The number of sulfonamides is 1. The second-order valence-electron chi connectivity index (χ2n) is 11.0. The van der Waals surface area contributed by atoms with E-state index in [0.29, 0.717) is 72.1 Å². The van der Waals surface area contributed by atoms with Crippen LogP contribution in [0, 0.1) is 6.92 Å². The number of benzene rings is 2. The number of ether oxygens (including phenoxy) is 2. The van der Waals surface area contributed by atoms with Crippen LogP contribution in [0.5, 0.6) is 0 Å². The van der Waals surface area contributed by atoms with Gasteiger partial charge in [-0.05, 0) is 81.1 Å². The summed E-state index contributed by atoms with van der Waals surface area (Å²) < 4.78 is 39.8. The molecule has 1 amide bonds. The highest BCUT2D eigenvalue weighted by atomic mass is 32.2. The van der Waals surface area contributed by atoms with Crippen molar-refractivity contribution in [3.63, 3.8) is 0 Å². The number of rotatable bonds is 9. The highest BCUT2D eigenvalue weighted by Gasteiger charge is 2.33. The largest absolute Gasteiger partial charge is 0.462 e. The molecule has 6 rings (SSSR count). The molecular weight excluding hydrogens is 568 g/mol. The maximum absolute atomic E-state index is 13.8. The normalized spacial score (nSPS) is 17.7. The molecular formula is C32H36N4O6S. The minimum Gasteiger partial charge on any atom is -0.462 e. The zero-order valence-electron chi connectivity index (χ0n) is 24.4. The number of aryl methyl sites for hydroxylation is 1. The van der Waals surface area contributed by atoms with E-state index in [1.165, 1.54) is 10.4 Å². The number of nitrogens with zero attached hydrogens (tertiary/aromatic N) is 2. The Bertz CT molecular complexity index is 1700. The van der Waals surface area contributed by atoms with Crippen molar-refractivity contribution in [2.75, 3.05) is 55.6 Å². The predicted octanol–water partition coefficient (Wildman–Crippen LogP) is 4.01. The maximum Gasteiger partial charge on any atom is 0.340 e. The van der Waals surface area contributed by atoms with Crippen molar-refractivity contribution in [1.29, 1.82) is 0 Å². The van der Waals surface area contributed by atoms with E-state index in [1.807, 2.05) is 31.2 Å². The third kappa shape index (κ3) is 5.60. The van der Waals surface area contributed by atoms with Crippen LogP contribution in [0.1, 0.15) is 51.8 Å². The first-order valence-corrected chi connectivity index (χ1v) is 16.2. The van der Waals surface area contributed by atoms with E-state index in [-0.39, 0.29) is 17.4 Å². The molecule has 3 aromatic rings. The number of anilines is 2. The van der Waals surface area contributed by atoms with Crippen LogP contribution in [0.3, 0.4) is 0 Å². The van der Waals surface area contributed by atoms with Crippen molar-refractivity contribution < 1.29 is 27.5 Å². The summed E-state index contributed by atoms with van der Waals surface area (Å²) in [5, 5.41) is 2.86. The van der Waals surface area contributed by atoms with Gasteiger partial charge in [-0.3, -0.25) is 14.0 Å². The van der Waals surface area contributed by atoms with Gasteiger partial charge in [0.15, 0.2) is 0 Å². The first-order valence-electron chi connectivity index (χ1n) is 14.7. The predicted molar refractivity (Wildman–Crippen MR) is 165 cm³/mol. The number of para-hydroxylation sites is 1. The fourth-order valence-electron chi connectivity index (χ4n) is 6.17. The van der Waals surface area contributed by atoms with Crippen LogP contribution >= 0.6 is 0 Å². The summed E-state index contributed by atoms with van der Waals surface area (Å²) in [6.45, 7) is 8.24. The summed E-state index contributed by atoms with van der Waals surface area (Å²) in [6.07, 6.45) is 3.78. The Kier molecular flexibility index (Phi) is 8.13. The highest BCUT2D eigenvalue weighted by Crippen LogP contribution is 2.38. The summed E-state index contributed by atoms with van der Waals surface area (Å²) in [7, 11) is -3.85. The Balaban J connectivity index is 1.34. The SMILES string of the molecule is CCOC(=O)c1c(C)[nH]c(/C=C2\C(=O)Nc3ccc(S(=O)(=O)N4CCc5ccccc54)cc32)c1CCCN1CCOCC1. The van der Waals surface area contributed by atoms with Crippen LogP contribution in [0.25, 0.3) is 11.6 Å². The number of carbonyl (C=O) groups is 2. The molecule has 0 radical (unpaired) electrons. The van der Waals surface area contributed by atoms with Gasteiger partial charge in [0.05, 0.1) is 41.5 Å². The molecule has 3 aliphatic rings. The first-order chi connectivity index (χ1) is 20.8. The van der Waals surface area contributed by atoms with Crippen LogP contribution in [-0.2, 0) is 37.1 Å². The van der Waals surface area contributed by atoms with E-state index in [9.17, 15) is 18.0 Å². The summed E-state index contributed by atoms with van der Waals surface area (Å²) in [6, 6.07) is 12.2. The Hall–Kier alpha value is -3.93. The molecule has 43 heavy (non-hydrogen) atoms. The van der Waals surface area contributed by atoms with Gasteiger partial charge < -0.3 is 19.8 Å². The summed E-state index contributed by atoms with van der Waals surface area (Å²) in [5.41, 5.74) is 5.63. The monoisotopic (exact) mass is 604 g/mol. The van der Waals surface area contributed by atoms with Crippen molar-refractivity contribution in [1.82, 2.24) is 9.88 Å². The van der Waals surface area contributed by atoms with Crippen LogP contribution in [0.2, 0.25) is 0 Å². The fourth-order valence-corrected chi connectivity index (χ4v) is 7.70. The van der Waals surface area contributed by atoms with E-state index >= 15 is 0 Å². The number of aromatic amines is 1. The number of carbonyl (C=O) groups excluding carboxylic acids is 2. The molecule has 1 saturated heterocycles. The standard InChI is InChI=1S/C32H36N4O6S/c1-3-42-32(38)30-21(2)33-28(24(30)8-6-13-35-15-17-41-18-16-35)20-26-25-19-23(10-11-27(25)34-31(26)37)43(39,40)36-14-12-22-7-4-5-9-29(22)36/h4-5,7,9-11,19-20,33H,3,6,8,12-18H2,1-2H3,(H,34,37)/b26-20-. The molecule has 0 spiro atoms. The molecule has 0 bridgehead atoms. The third-order valence-corrected chi connectivity index (χ3v) is 10.1. The number of aromatic nitrogens is 1. The lowest BCUT2D eigenvalue weighted by molar-refractivity contribution is -0.110. The minimum atomic E-state index is -3.85. The van der Waals surface area contributed by atoms with E-state index in [2.05, 4.69) is 15.2 Å². The average molecular weight is 605 g/mol. The molecule has 10 nitrogen and oxygen atoms in total. The maximum atomic E-state index is 13.8. The number of hydrogen-bond donors (Lipinski definition) is 2. The van der Waals surface area contributed by atoms with E-state index < -0.39 is 16.0 Å². The van der Waals surface area contributed by atoms with Crippen molar-refractivity contribution >= 4 is 44.9 Å². The lowest BCUT2D eigenvalue weighted by atomic mass is 10.00. The third-order valence-electron chi connectivity index (χ3n) is 8.30. The number of hydrogen-bond acceptors (Lipinski definition) is 7. The molecule has 0 saturated carbocycles. The van der Waals surface area contributed by atoms with Crippen molar-refractivity contribution in [2.24, 2.45) is 0 Å². The van der Waals surface area contributed by atoms with Gasteiger partial charge in [-0.25, -0.2) is 13.2 Å². The topological polar surface area (TPSA) is 121 Å². The molecule has 226 valence electrons. The molecule has 1 aromatic heterocycles. The molecule has 0 atom stereocenters. The minimum absolute atomic E-state index is 0.117. The molecule has 3 aliphatic heterocycles. The van der Waals surface area contributed by atoms with Crippen molar-refractivity contribution in [3.8, 4) is 0 Å². The number of fused-ring (bicyclic) bond motifs is 2. The molecule has 2 N–H and O–H groups in total. The zero-order chi connectivity index (χ0) is 30.1. The molecule has 4 heterocycles. The smallest absolute Gasteiger partial charge is 0.340 e. The van der Waals surface area contributed by atoms with Gasteiger partial charge in [0.25, 0.3) is 15.9 Å². The molecule has 1 fully saturated rings. The Morgan fingerprint density at radius 1 is 1.12 bits per heavy atom. The van der Waals surface area contributed by atoms with Gasteiger partial charge in [-0.1, -0.05) is 18.2 Å². The molecule has 0 aliphatic carbocycles. The van der Waals surface area contributed by atoms with Crippen molar-refractivity contribution in [2.45, 2.75) is 38.0 Å². The number of amides is 1. The van der Waals surface area contributed by atoms with E-state index in [4.69, 9.17) is 9.47 Å². The summed E-state index contributed by atoms with van der Waals surface area (Å²) >= 11 is 0. The summed E-state index contributed by atoms with van der Waals surface area (Å²) in [4.78, 5) is 32.0. The Morgan fingerprint density at radius 2 is 1.91 bits per heavy atom. The second-order valence-corrected chi connectivity index (χ2v) is 12.8. The molecule has 0 unspecified atom stereocenters. The quantitative estimate of drug-likeness (QED) is 0.280. The van der Waals surface area contributed by atoms with E-state index in [1.54, 1.807) is 25.1 Å². The van der Waals surface area contributed by atoms with Gasteiger partial charge in [0, 0.05) is 42.3 Å². The van der Waals surface area contributed by atoms with Gasteiger partial charge >= 0.3 is 5.97 Å². The van der Waals surface area contributed by atoms with E-state index in [0.717, 1.165) is 37.2 Å². The average Bonchev–Trinajstić information content (AvgIpc) is 3.67. The van der Waals surface area contributed by atoms with Gasteiger partial charge in [-0.2, -0.15) is 0 Å². The van der Waals surface area contributed by atoms with Crippen LogP contribution in [0.4, 0.5) is 11.4 Å². The van der Waals surface area contributed by atoms with Crippen LogP contribution < -0.4 is 9.62 Å². The molecule has 2 aromatic carbocycles. The molecule has 11 heteroatoms. The zero-order valence-corrected chi connectivity index (χ0v) is 25.3. The lowest BCUT2D eigenvalue weighted by Crippen LogP contribution is -2.37. The fraction of sp³-hybridized carbons (Fsp3) is 0.375. The van der Waals surface area contributed by atoms with Crippen LogP contribution in [0.15, 0.2) is 47.4 Å². The Morgan fingerprint density at radius 3 is 2.70 bits per heavy atom. The number of esters is 1. The Labute approximate surface area is 251 Å². The number of nitrogens with one attached hydrogen (secondary N) is 2. The summed E-state index contributed by atoms with van der Waals surface area (Å²) in [5.74, 6) is -0.738. The highest BCUT2D eigenvalue weighted by molar-refractivity contribution is 7.92. The van der Waals surface area contributed by atoms with Crippen LogP contribution in [-0.4, -0.2) is 76.2 Å². The second kappa shape index (κ2) is 12.0. The van der Waals surface area contributed by atoms with Gasteiger partial charge in [-0.15, -0.1) is 0 Å². The lowest BCUT2D eigenvalue weighted by Gasteiger charge is -2.26. The number of morpholine rings is 1. The number of H-pyrrole nitrogens is 1.